The lowest BCUT2D eigenvalue weighted by Gasteiger charge is -2.06. The lowest BCUT2D eigenvalue weighted by molar-refractivity contribution is -0.384. The molecule has 0 atom stereocenters. The number of ether oxygens (including phenoxy) is 2. The van der Waals surface area contributed by atoms with Gasteiger partial charge in [-0.1, -0.05) is 0 Å². The fourth-order valence-corrected chi connectivity index (χ4v) is 1.57. The van der Waals surface area contributed by atoms with Crippen LogP contribution < -0.4 is 9.47 Å². The highest BCUT2D eigenvalue weighted by molar-refractivity contribution is 5.35. The van der Waals surface area contributed by atoms with Crippen LogP contribution in [0.25, 0.3) is 0 Å². The van der Waals surface area contributed by atoms with Gasteiger partial charge in [-0.05, 0) is 19.1 Å². The second-order valence-electron chi connectivity index (χ2n) is 4.20. The summed E-state index contributed by atoms with van der Waals surface area (Å²) in [7, 11) is 1.84. The zero-order valence-corrected chi connectivity index (χ0v) is 11.3. The van der Waals surface area contributed by atoms with Crippen LogP contribution in [0.3, 0.4) is 0 Å². The van der Waals surface area contributed by atoms with Crippen LogP contribution in [0, 0.1) is 17.0 Å². The topological polar surface area (TPSA) is 79.4 Å². The number of nitrogens with zero attached hydrogens (tertiary/aromatic N) is 3. The summed E-state index contributed by atoms with van der Waals surface area (Å²) < 4.78 is 12.6. The van der Waals surface area contributed by atoms with Crippen LogP contribution in [0.1, 0.15) is 5.69 Å². The third-order valence-electron chi connectivity index (χ3n) is 2.74. The molecule has 2 aromatic rings. The normalized spacial score (nSPS) is 10.3. The Hall–Kier alpha value is -2.57. The molecule has 0 radical (unpaired) electrons. The van der Waals surface area contributed by atoms with E-state index in [0.717, 1.165) is 5.69 Å². The van der Waals surface area contributed by atoms with Crippen molar-refractivity contribution >= 4 is 5.69 Å². The van der Waals surface area contributed by atoms with Crippen molar-refractivity contribution in [2.75, 3.05) is 13.2 Å². The molecular weight excluding hydrogens is 262 g/mol. The molecule has 0 amide bonds. The van der Waals surface area contributed by atoms with Gasteiger partial charge in [0.15, 0.2) is 0 Å². The van der Waals surface area contributed by atoms with Crippen molar-refractivity contribution in [3.05, 3.63) is 46.1 Å². The molecule has 0 aliphatic carbocycles. The van der Waals surface area contributed by atoms with Crippen LogP contribution in [0.5, 0.6) is 11.6 Å². The number of aryl methyl sites for hydroxylation is 2. The Morgan fingerprint density at radius 3 is 2.45 bits per heavy atom. The molecule has 20 heavy (non-hydrogen) atoms. The summed E-state index contributed by atoms with van der Waals surface area (Å²) in [6, 6.07) is 7.76. The number of nitro groups is 1. The molecule has 0 aliphatic rings. The first-order valence-electron chi connectivity index (χ1n) is 6.07. The summed E-state index contributed by atoms with van der Waals surface area (Å²) >= 11 is 0. The number of benzene rings is 1. The van der Waals surface area contributed by atoms with E-state index in [1.165, 1.54) is 12.1 Å². The van der Waals surface area contributed by atoms with Crippen molar-refractivity contribution in [1.82, 2.24) is 9.78 Å². The first kappa shape index (κ1) is 13.9. The summed E-state index contributed by atoms with van der Waals surface area (Å²) in [6.07, 6.45) is 0. The van der Waals surface area contributed by atoms with E-state index in [4.69, 9.17) is 9.47 Å². The molecule has 0 fully saturated rings. The lowest BCUT2D eigenvalue weighted by Crippen LogP contribution is -2.09. The van der Waals surface area contributed by atoms with Crippen LogP contribution >= 0.6 is 0 Å². The van der Waals surface area contributed by atoms with E-state index in [1.54, 1.807) is 16.8 Å². The lowest BCUT2D eigenvalue weighted by atomic mass is 10.3. The minimum atomic E-state index is -0.448. The predicted molar refractivity (Wildman–Crippen MR) is 72.0 cm³/mol. The quantitative estimate of drug-likeness (QED) is 0.459. The maximum Gasteiger partial charge on any atom is 0.269 e. The van der Waals surface area contributed by atoms with Gasteiger partial charge in [-0.2, -0.15) is 0 Å². The molecule has 7 heteroatoms. The average Bonchev–Trinajstić information content (AvgIpc) is 2.74. The highest BCUT2D eigenvalue weighted by atomic mass is 16.6. The average molecular weight is 277 g/mol. The van der Waals surface area contributed by atoms with Crippen molar-refractivity contribution in [2.24, 2.45) is 7.05 Å². The zero-order valence-electron chi connectivity index (χ0n) is 11.3. The first-order valence-corrected chi connectivity index (χ1v) is 6.07. The van der Waals surface area contributed by atoms with Gasteiger partial charge in [0.1, 0.15) is 19.0 Å². The van der Waals surface area contributed by atoms with E-state index in [9.17, 15) is 10.1 Å². The first-order chi connectivity index (χ1) is 9.56. The van der Waals surface area contributed by atoms with E-state index in [-0.39, 0.29) is 5.69 Å². The molecule has 1 aromatic carbocycles. The molecule has 0 saturated heterocycles. The standard InChI is InChI=1S/C13H15N3O4/c1-10-9-13(14-15(10)2)20-8-7-19-12-5-3-11(4-6-12)16(17)18/h3-6,9H,7-8H2,1-2H3. The highest BCUT2D eigenvalue weighted by Gasteiger charge is 2.05. The smallest absolute Gasteiger partial charge is 0.269 e. The Morgan fingerprint density at radius 1 is 1.25 bits per heavy atom. The van der Waals surface area contributed by atoms with Gasteiger partial charge in [0, 0.05) is 30.9 Å². The molecule has 2 rings (SSSR count). The maximum atomic E-state index is 10.5. The predicted octanol–water partition coefficient (Wildman–Crippen LogP) is 2.09. The summed E-state index contributed by atoms with van der Waals surface area (Å²) in [5, 5.41) is 14.6. The molecule has 0 saturated carbocycles. The van der Waals surface area contributed by atoms with Gasteiger partial charge in [-0.15, -0.1) is 5.10 Å². The zero-order chi connectivity index (χ0) is 14.5. The molecule has 0 aliphatic heterocycles. The van der Waals surface area contributed by atoms with Crippen molar-refractivity contribution in [3.63, 3.8) is 0 Å². The summed E-state index contributed by atoms with van der Waals surface area (Å²) in [5.74, 6) is 1.12. The number of hydrogen-bond acceptors (Lipinski definition) is 5. The Balaban J connectivity index is 1.77. The Morgan fingerprint density at radius 2 is 1.90 bits per heavy atom. The number of aromatic nitrogens is 2. The van der Waals surface area contributed by atoms with E-state index in [1.807, 2.05) is 20.0 Å². The van der Waals surface area contributed by atoms with Crippen LogP contribution in [-0.2, 0) is 7.05 Å². The molecule has 106 valence electrons. The minimum absolute atomic E-state index is 0.0394. The van der Waals surface area contributed by atoms with Gasteiger partial charge in [0.2, 0.25) is 5.88 Å². The second kappa shape index (κ2) is 6.05. The third kappa shape index (κ3) is 3.47. The summed E-state index contributed by atoms with van der Waals surface area (Å²) in [6.45, 7) is 2.63. The number of hydrogen-bond donors (Lipinski definition) is 0. The molecule has 0 unspecified atom stereocenters. The van der Waals surface area contributed by atoms with E-state index in [2.05, 4.69) is 5.10 Å². The Bertz CT molecular complexity index is 573. The number of nitro benzene ring substituents is 1. The molecule has 1 heterocycles. The fourth-order valence-electron chi connectivity index (χ4n) is 1.57. The van der Waals surface area contributed by atoms with Crippen molar-refractivity contribution < 1.29 is 14.4 Å². The van der Waals surface area contributed by atoms with Crippen molar-refractivity contribution in [2.45, 2.75) is 6.92 Å². The largest absolute Gasteiger partial charge is 0.490 e. The van der Waals surface area contributed by atoms with Gasteiger partial charge >= 0.3 is 0 Å². The maximum absolute atomic E-state index is 10.5. The molecule has 0 N–H and O–H groups in total. The van der Waals surface area contributed by atoms with Crippen LogP contribution in [0.4, 0.5) is 5.69 Å². The van der Waals surface area contributed by atoms with E-state index < -0.39 is 4.92 Å². The molecule has 0 bridgehead atoms. The summed E-state index contributed by atoms with van der Waals surface area (Å²) in [5.41, 5.74) is 1.05. The van der Waals surface area contributed by atoms with Gasteiger partial charge in [0.25, 0.3) is 5.69 Å². The minimum Gasteiger partial charge on any atom is -0.490 e. The molecule has 0 spiro atoms. The van der Waals surface area contributed by atoms with Gasteiger partial charge in [-0.25, -0.2) is 0 Å². The third-order valence-corrected chi connectivity index (χ3v) is 2.74. The Labute approximate surface area is 115 Å². The fraction of sp³-hybridized carbons (Fsp3) is 0.308. The molecular formula is C13H15N3O4. The van der Waals surface area contributed by atoms with Gasteiger partial charge in [-0.3, -0.25) is 14.8 Å². The van der Waals surface area contributed by atoms with Gasteiger partial charge in [0.05, 0.1) is 4.92 Å². The monoisotopic (exact) mass is 277 g/mol. The Kier molecular flexibility index (Phi) is 4.19. The van der Waals surface area contributed by atoms with Crippen LogP contribution in [0.15, 0.2) is 30.3 Å². The van der Waals surface area contributed by atoms with Crippen LogP contribution in [-0.4, -0.2) is 27.9 Å². The van der Waals surface area contributed by atoms with Crippen molar-refractivity contribution in [1.29, 1.82) is 0 Å². The summed E-state index contributed by atoms with van der Waals surface area (Å²) in [4.78, 5) is 10.0. The molecule has 7 nitrogen and oxygen atoms in total. The van der Waals surface area contributed by atoms with Crippen molar-refractivity contribution in [3.8, 4) is 11.6 Å². The van der Waals surface area contributed by atoms with Crippen LogP contribution in [0.2, 0.25) is 0 Å². The van der Waals surface area contributed by atoms with E-state index in [0.29, 0.717) is 24.8 Å². The number of non-ortho nitro benzene ring substituents is 1. The number of rotatable bonds is 6. The van der Waals surface area contributed by atoms with Gasteiger partial charge < -0.3 is 9.47 Å². The second-order valence-corrected chi connectivity index (χ2v) is 4.20. The highest BCUT2D eigenvalue weighted by Crippen LogP contribution is 2.17. The SMILES string of the molecule is Cc1cc(OCCOc2ccc([N+](=O)[O-])cc2)nn1C. The molecule has 1 aromatic heterocycles. The van der Waals surface area contributed by atoms with E-state index >= 15 is 0 Å².